The Morgan fingerprint density at radius 3 is 2.77 bits per heavy atom. The molecule has 3 heterocycles. The molecule has 3 rings (SSSR count). The van der Waals surface area contributed by atoms with Crippen LogP contribution < -0.4 is 10.2 Å². The molecule has 0 aromatic carbocycles. The number of carbonyl (C=O) groups excluding carboxylic acids is 1. The number of ether oxygens (including phenoxy) is 2. The van der Waals surface area contributed by atoms with Crippen LogP contribution in [0.25, 0.3) is 0 Å². The van der Waals surface area contributed by atoms with Crippen LogP contribution in [-0.2, 0) is 15.9 Å². The number of aromatic nitrogens is 2. The van der Waals surface area contributed by atoms with Crippen LogP contribution in [0.2, 0.25) is 5.15 Å². The van der Waals surface area contributed by atoms with Gasteiger partial charge in [-0.05, 0) is 41.0 Å². The number of nitrogens with one attached hydrogen (secondary N) is 1. The molecule has 2 aliphatic heterocycles. The van der Waals surface area contributed by atoms with Gasteiger partial charge in [-0.25, -0.2) is 9.78 Å². The third-order valence-electron chi connectivity index (χ3n) is 5.48. The number of rotatable bonds is 5. The summed E-state index contributed by atoms with van der Waals surface area (Å²) in [6, 6.07) is 0.131. The van der Waals surface area contributed by atoms with Crippen LogP contribution >= 0.6 is 11.6 Å². The molecule has 0 aliphatic carbocycles. The number of hydrogen-bond donors (Lipinski definition) is 2. The lowest BCUT2D eigenvalue weighted by molar-refractivity contribution is 0.0287. The zero-order valence-corrected chi connectivity index (χ0v) is 19.8. The van der Waals surface area contributed by atoms with Gasteiger partial charge in [-0.3, -0.25) is 0 Å². The molecule has 2 atom stereocenters. The second-order valence-corrected chi connectivity index (χ2v) is 9.93. The maximum atomic E-state index is 12.5. The van der Waals surface area contributed by atoms with Crippen molar-refractivity contribution < 1.29 is 19.4 Å². The number of carbonyl (C=O) groups is 1. The quantitative estimate of drug-likeness (QED) is 0.653. The largest absolute Gasteiger partial charge is 0.444 e. The first kappa shape index (κ1) is 23.8. The van der Waals surface area contributed by atoms with Crippen molar-refractivity contribution in [3.63, 3.8) is 0 Å². The smallest absolute Gasteiger partial charge is 0.410 e. The highest BCUT2D eigenvalue weighted by Crippen LogP contribution is 2.32. The van der Waals surface area contributed by atoms with E-state index >= 15 is 0 Å². The van der Waals surface area contributed by atoms with E-state index < -0.39 is 11.1 Å². The Hall–Kier alpha value is -1.84. The second kappa shape index (κ2) is 9.34. The topological polar surface area (TPSA) is 100 Å². The molecule has 0 saturated carbocycles. The molecular weight excluding hydrogens is 422 g/mol. The number of likely N-dealkylation sites (tertiary alicyclic amines) is 1. The number of amides is 1. The fourth-order valence-corrected chi connectivity index (χ4v) is 4.13. The normalized spacial score (nSPS) is 24.4. The van der Waals surface area contributed by atoms with Gasteiger partial charge >= 0.3 is 6.09 Å². The van der Waals surface area contributed by atoms with Crippen LogP contribution in [0.5, 0.6) is 0 Å². The lowest BCUT2D eigenvalue weighted by Gasteiger charge is -2.34. The summed E-state index contributed by atoms with van der Waals surface area (Å²) in [5.41, 5.74) is -0.278. The Labute approximate surface area is 189 Å². The molecule has 10 heteroatoms. The molecule has 2 N–H and O–H groups in total. The Morgan fingerprint density at radius 2 is 2.13 bits per heavy atom. The van der Waals surface area contributed by atoms with Crippen molar-refractivity contribution in [2.45, 2.75) is 64.6 Å². The summed E-state index contributed by atoms with van der Waals surface area (Å²) in [5, 5.41) is 13.4. The third-order valence-corrected chi connectivity index (χ3v) is 5.79. The van der Waals surface area contributed by atoms with Gasteiger partial charge in [0.25, 0.3) is 0 Å². The van der Waals surface area contributed by atoms with Crippen LogP contribution in [0.4, 0.5) is 16.6 Å². The van der Waals surface area contributed by atoms with E-state index in [0.717, 1.165) is 6.42 Å². The first-order valence-electron chi connectivity index (χ1n) is 10.8. The molecule has 1 aromatic heterocycles. The lowest BCUT2D eigenvalue weighted by atomic mass is 10.0. The molecule has 0 radical (unpaired) electrons. The zero-order valence-electron chi connectivity index (χ0n) is 19.1. The maximum Gasteiger partial charge on any atom is 0.410 e. The van der Waals surface area contributed by atoms with E-state index in [4.69, 9.17) is 26.1 Å². The predicted octanol–water partition coefficient (Wildman–Crippen LogP) is 2.70. The monoisotopic (exact) mass is 455 g/mol. The average Bonchev–Trinajstić information content (AvgIpc) is 3.05. The standard InChI is InChI=1S/C21H34ClN5O4/c1-14-12-30-11-9-27(14)18-23-16(22)15(6-10-28)17(24-18)25-21(5)7-8-26(13-21)19(29)31-20(2,3)4/h14,28H,6-13H2,1-5H3,(H,23,24,25). The Kier molecular flexibility index (Phi) is 7.18. The fraction of sp³-hybridized carbons (Fsp3) is 0.762. The summed E-state index contributed by atoms with van der Waals surface area (Å²) in [6.45, 7) is 12.6. The van der Waals surface area contributed by atoms with Gasteiger partial charge in [-0.1, -0.05) is 11.6 Å². The first-order chi connectivity index (χ1) is 14.5. The maximum absolute atomic E-state index is 12.5. The molecule has 2 saturated heterocycles. The van der Waals surface area contributed by atoms with E-state index in [9.17, 15) is 9.90 Å². The Bertz CT molecular complexity index is 803. The second-order valence-electron chi connectivity index (χ2n) is 9.57. The van der Waals surface area contributed by atoms with E-state index in [-0.39, 0.29) is 18.7 Å². The molecular formula is C21H34ClN5O4. The van der Waals surface area contributed by atoms with E-state index in [2.05, 4.69) is 22.1 Å². The van der Waals surface area contributed by atoms with Crippen molar-refractivity contribution in [1.82, 2.24) is 14.9 Å². The molecule has 31 heavy (non-hydrogen) atoms. The minimum atomic E-state index is -0.540. The fourth-order valence-electron chi connectivity index (χ4n) is 3.87. The summed E-state index contributed by atoms with van der Waals surface area (Å²) < 4.78 is 11.0. The highest BCUT2D eigenvalue weighted by atomic mass is 35.5. The average molecular weight is 456 g/mol. The summed E-state index contributed by atoms with van der Waals surface area (Å²) in [6.07, 6.45) is 0.749. The van der Waals surface area contributed by atoms with E-state index in [1.807, 2.05) is 27.7 Å². The van der Waals surface area contributed by atoms with Gasteiger partial charge in [0, 0.05) is 38.2 Å². The number of aliphatic hydroxyl groups excluding tert-OH is 1. The van der Waals surface area contributed by atoms with Gasteiger partial charge in [0.1, 0.15) is 16.6 Å². The van der Waals surface area contributed by atoms with Crippen LogP contribution in [0.3, 0.4) is 0 Å². The van der Waals surface area contributed by atoms with Crippen molar-refractivity contribution in [2.75, 3.05) is 49.7 Å². The lowest BCUT2D eigenvalue weighted by Crippen LogP contribution is -2.45. The number of hydrogen-bond acceptors (Lipinski definition) is 8. The minimum absolute atomic E-state index is 0.0637. The van der Waals surface area contributed by atoms with Crippen LogP contribution in [0.15, 0.2) is 0 Å². The first-order valence-corrected chi connectivity index (χ1v) is 11.2. The Morgan fingerprint density at radius 1 is 1.39 bits per heavy atom. The minimum Gasteiger partial charge on any atom is -0.444 e. The van der Waals surface area contributed by atoms with Crippen molar-refractivity contribution >= 4 is 29.5 Å². The number of aliphatic hydroxyl groups is 1. The number of anilines is 2. The van der Waals surface area contributed by atoms with E-state index in [0.29, 0.717) is 61.8 Å². The van der Waals surface area contributed by atoms with Crippen LogP contribution in [-0.4, -0.2) is 82.7 Å². The molecule has 2 fully saturated rings. The highest BCUT2D eigenvalue weighted by Gasteiger charge is 2.39. The molecule has 0 spiro atoms. The van der Waals surface area contributed by atoms with Gasteiger partial charge < -0.3 is 29.7 Å². The van der Waals surface area contributed by atoms with Crippen molar-refractivity contribution in [3.8, 4) is 0 Å². The van der Waals surface area contributed by atoms with Crippen LogP contribution in [0.1, 0.15) is 46.6 Å². The summed E-state index contributed by atoms with van der Waals surface area (Å²) in [5.74, 6) is 1.13. The summed E-state index contributed by atoms with van der Waals surface area (Å²) in [4.78, 5) is 25.6. The van der Waals surface area contributed by atoms with Crippen molar-refractivity contribution in [3.05, 3.63) is 10.7 Å². The number of nitrogens with zero attached hydrogens (tertiary/aromatic N) is 4. The number of morpholine rings is 1. The van der Waals surface area contributed by atoms with Gasteiger partial charge in [-0.15, -0.1) is 0 Å². The van der Waals surface area contributed by atoms with E-state index in [1.165, 1.54) is 0 Å². The Balaban J connectivity index is 1.83. The van der Waals surface area contributed by atoms with Gasteiger partial charge in [0.15, 0.2) is 0 Å². The van der Waals surface area contributed by atoms with Crippen molar-refractivity contribution in [1.29, 1.82) is 0 Å². The van der Waals surface area contributed by atoms with Gasteiger partial charge in [-0.2, -0.15) is 4.98 Å². The SMILES string of the molecule is CC1COCCN1c1nc(Cl)c(CCO)c(NC2(C)CCN(C(=O)OC(C)(C)C)C2)n1. The predicted molar refractivity (Wildman–Crippen MR) is 120 cm³/mol. The summed E-state index contributed by atoms with van der Waals surface area (Å²) in [7, 11) is 0. The van der Waals surface area contributed by atoms with Crippen molar-refractivity contribution in [2.24, 2.45) is 0 Å². The molecule has 9 nitrogen and oxygen atoms in total. The van der Waals surface area contributed by atoms with Crippen LogP contribution in [0, 0.1) is 0 Å². The van der Waals surface area contributed by atoms with E-state index in [1.54, 1.807) is 4.90 Å². The summed E-state index contributed by atoms with van der Waals surface area (Å²) >= 11 is 6.52. The molecule has 0 bridgehead atoms. The van der Waals surface area contributed by atoms with Gasteiger partial charge in [0.05, 0.1) is 24.8 Å². The molecule has 1 aromatic rings. The molecule has 1 amide bonds. The van der Waals surface area contributed by atoms with Gasteiger partial charge in [0.2, 0.25) is 5.95 Å². The number of halogens is 1. The molecule has 2 unspecified atom stereocenters. The molecule has 174 valence electrons. The zero-order chi connectivity index (χ0) is 22.8. The highest BCUT2D eigenvalue weighted by molar-refractivity contribution is 6.30. The third kappa shape index (κ3) is 5.90. The molecule has 2 aliphatic rings.